The van der Waals surface area contributed by atoms with Crippen molar-refractivity contribution < 1.29 is 17.9 Å². The Bertz CT molecular complexity index is 640. The zero-order chi connectivity index (χ0) is 15.4. The van der Waals surface area contributed by atoms with Gasteiger partial charge in [0.2, 0.25) is 0 Å². The van der Waals surface area contributed by atoms with Gasteiger partial charge in [0.25, 0.3) is 0 Å². The van der Waals surface area contributed by atoms with Gasteiger partial charge in [-0.05, 0) is 30.3 Å². The molecule has 0 atom stereocenters. The van der Waals surface area contributed by atoms with Gasteiger partial charge in [0.15, 0.2) is 0 Å². The molecule has 21 heavy (non-hydrogen) atoms. The Hall–Kier alpha value is -1.40. The van der Waals surface area contributed by atoms with Crippen LogP contribution in [0.2, 0.25) is 5.02 Å². The number of ether oxygens (including phenoxy) is 1. The van der Waals surface area contributed by atoms with Gasteiger partial charge in [-0.2, -0.15) is 8.78 Å². The average Bonchev–Trinajstić information content (AvgIpc) is 2.40. The van der Waals surface area contributed by atoms with Crippen LogP contribution in [-0.2, 0) is 6.54 Å². The van der Waals surface area contributed by atoms with Gasteiger partial charge in [-0.3, -0.25) is 0 Å². The van der Waals surface area contributed by atoms with Crippen LogP contribution in [-0.4, -0.2) is 6.61 Å². The van der Waals surface area contributed by atoms with E-state index in [4.69, 9.17) is 11.6 Å². The summed E-state index contributed by atoms with van der Waals surface area (Å²) >= 11 is 9.00. The normalized spacial score (nSPS) is 10.8. The van der Waals surface area contributed by atoms with Gasteiger partial charge >= 0.3 is 6.61 Å². The predicted molar refractivity (Wildman–Crippen MR) is 79.5 cm³/mol. The second-order valence-electron chi connectivity index (χ2n) is 4.11. The summed E-state index contributed by atoms with van der Waals surface area (Å²) in [4.78, 5) is 0. The van der Waals surface area contributed by atoms with Crippen molar-refractivity contribution in [2.24, 2.45) is 0 Å². The molecular weight excluding hydrogens is 371 g/mol. The van der Waals surface area contributed by atoms with E-state index in [0.717, 1.165) is 0 Å². The molecule has 0 aromatic heterocycles. The first-order valence-electron chi connectivity index (χ1n) is 5.88. The Kier molecular flexibility index (Phi) is 5.36. The molecule has 0 heterocycles. The number of halogens is 5. The van der Waals surface area contributed by atoms with Crippen molar-refractivity contribution in [1.82, 2.24) is 0 Å². The van der Waals surface area contributed by atoms with Crippen molar-refractivity contribution in [3.63, 3.8) is 0 Å². The van der Waals surface area contributed by atoms with E-state index in [9.17, 15) is 13.2 Å². The van der Waals surface area contributed by atoms with Crippen LogP contribution in [0.5, 0.6) is 5.75 Å². The molecule has 0 aliphatic rings. The molecule has 0 spiro atoms. The summed E-state index contributed by atoms with van der Waals surface area (Å²) in [6.45, 7) is -2.69. The maximum absolute atomic E-state index is 13.6. The van der Waals surface area contributed by atoms with E-state index in [1.807, 2.05) is 0 Å². The zero-order valence-corrected chi connectivity index (χ0v) is 12.9. The summed E-state index contributed by atoms with van der Waals surface area (Å²) < 4.78 is 42.7. The monoisotopic (exact) mass is 379 g/mol. The number of hydrogen-bond donors (Lipinski definition) is 1. The summed E-state index contributed by atoms with van der Waals surface area (Å²) in [6.07, 6.45) is 0. The van der Waals surface area contributed by atoms with E-state index in [2.05, 4.69) is 26.0 Å². The number of hydrogen-bond acceptors (Lipinski definition) is 2. The van der Waals surface area contributed by atoms with Crippen molar-refractivity contribution in [2.45, 2.75) is 13.2 Å². The van der Waals surface area contributed by atoms with Crippen LogP contribution in [0, 0.1) is 5.82 Å². The van der Waals surface area contributed by atoms with Crippen molar-refractivity contribution >= 4 is 33.2 Å². The van der Waals surface area contributed by atoms with E-state index in [1.165, 1.54) is 24.3 Å². The van der Waals surface area contributed by atoms with Crippen LogP contribution in [0.15, 0.2) is 40.9 Å². The van der Waals surface area contributed by atoms with Gasteiger partial charge in [0.05, 0.1) is 5.02 Å². The molecule has 0 bridgehead atoms. The highest BCUT2D eigenvalue weighted by Gasteiger charge is 2.09. The molecule has 2 aromatic carbocycles. The van der Waals surface area contributed by atoms with Gasteiger partial charge in [-0.1, -0.05) is 33.6 Å². The number of rotatable bonds is 5. The summed E-state index contributed by atoms with van der Waals surface area (Å²) in [7, 11) is 0. The molecule has 0 saturated carbocycles. The molecule has 2 rings (SSSR count). The van der Waals surface area contributed by atoms with Crippen molar-refractivity contribution in [2.75, 3.05) is 5.32 Å². The third-order valence-electron chi connectivity index (χ3n) is 2.65. The third kappa shape index (κ3) is 4.54. The van der Waals surface area contributed by atoms with E-state index in [1.54, 1.807) is 12.1 Å². The molecule has 0 aliphatic carbocycles. The summed E-state index contributed by atoms with van der Waals surface area (Å²) in [5.74, 6) is -0.451. The molecule has 0 aliphatic heterocycles. The molecule has 0 amide bonds. The summed E-state index contributed by atoms with van der Waals surface area (Å²) in [5, 5.41) is 3.01. The lowest BCUT2D eigenvalue weighted by molar-refractivity contribution is -0.0497. The fourth-order valence-electron chi connectivity index (χ4n) is 1.66. The number of alkyl halides is 2. The molecule has 0 unspecified atom stereocenters. The second-order valence-corrected chi connectivity index (χ2v) is 5.44. The summed E-state index contributed by atoms with van der Waals surface area (Å²) in [5.41, 5.74) is 1.05. The van der Waals surface area contributed by atoms with Gasteiger partial charge in [0, 0.05) is 22.3 Å². The largest absolute Gasteiger partial charge is 0.433 e. The maximum Gasteiger partial charge on any atom is 0.387 e. The van der Waals surface area contributed by atoms with Gasteiger partial charge in [-0.25, -0.2) is 4.39 Å². The first-order valence-corrected chi connectivity index (χ1v) is 7.05. The standard InChI is InChI=1S/C14H10BrClF3NO/c15-9-2-1-8(12(17)5-9)7-20-10-3-4-13(11(16)6-10)21-14(18)19/h1-6,14,20H,7H2. The van der Waals surface area contributed by atoms with E-state index in [0.29, 0.717) is 15.7 Å². The maximum atomic E-state index is 13.6. The Morgan fingerprint density at radius 2 is 1.95 bits per heavy atom. The lowest BCUT2D eigenvalue weighted by Gasteiger charge is -2.11. The highest BCUT2D eigenvalue weighted by atomic mass is 79.9. The smallest absolute Gasteiger partial charge is 0.387 e. The minimum atomic E-state index is -2.93. The topological polar surface area (TPSA) is 21.3 Å². The van der Waals surface area contributed by atoms with Crippen LogP contribution in [0.1, 0.15) is 5.56 Å². The minimum Gasteiger partial charge on any atom is -0.433 e. The van der Waals surface area contributed by atoms with Crippen molar-refractivity contribution in [1.29, 1.82) is 0 Å². The van der Waals surface area contributed by atoms with Crippen LogP contribution in [0.4, 0.5) is 18.9 Å². The number of anilines is 1. The number of benzene rings is 2. The van der Waals surface area contributed by atoms with Crippen LogP contribution in [0.25, 0.3) is 0 Å². The minimum absolute atomic E-state index is 0.0524. The van der Waals surface area contributed by atoms with Gasteiger partial charge in [-0.15, -0.1) is 0 Å². The molecule has 2 aromatic rings. The first kappa shape index (κ1) is 16.0. The van der Waals surface area contributed by atoms with Crippen LogP contribution in [0.3, 0.4) is 0 Å². The molecule has 0 radical (unpaired) electrons. The van der Waals surface area contributed by atoms with Crippen LogP contribution < -0.4 is 10.1 Å². The Morgan fingerprint density at radius 1 is 1.19 bits per heavy atom. The fraction of sp³-hybridized carbons (Fsp3) is 0.143. The fourth-order valence-corrected chi connectivity index (χ4v) is 2.22. The van der Waals surface area contributed by atoms with E-state index in [-0.39, 0.29) is 23.1 Å². The van der Waals surface area contributed by atoms with Crippen molar-refractivity contribution in [3.8, 4) is 5.75 Å². The Morgan fingerprint density at radius 3 is 2.57 bits per heavy atom. The Balaban J connectivity index is 2.05. The first-order chi connectivity index (χ1) is 9.95. The predicted octanol–water partition coefficient (Wildman–Crippen LogP) is 5.46. The molecule has 0 saturated heterocycles. The van der Waals surface area contributed by atoms with E-state index >= 15 is 0 Å². The molecule has 7 heteroatoms. The Labute approximate surface area is 133 Å². The average molecular weight is 381 g/mol. The highest BCUT2D eigenvalue weighted by Crippen LogP contribution is 2.29. The lowest BCUT2D eigenvalue weighted by Crippen LogP contribution is -2.04. The molecule has 2 nitrogen and oxygen atoms in total. The molecule has 1 N–H and O–H groups in total. The molecule has 112 valence electrons. The lowest BCUT2D eigenvalue weighted by atomic mass is 10.2. The molecular formula is C14H10BrClF3NO. The van der Waals surface area contributed by atoms with Crippen LogP contribution >= 0.6 is 27.5 Å². The third-order valence-corrected chi connectivity index (χ3v) is 3.43. The number of nitrogens with one attached hydrogen (secondary N) is 1. The van der Waals surface area contributed by atoms with Gasteiger partial charge in [0.1, 0.15) is 11.6 Å². The zero-order valence-electron chi connectivity index (χ0n) is 10.5. The van der Waals surface area contributed by atoms with Gasteiger partial charge < -0.3 is 10.1 Å². The highest BCUT2D eigenvalue weighted by molar-refractivity contribution is 9.10. The second kappa shape index (κ2) is 7.04. The quantitative estimate of drug-likeness (QED) is 0.744. The molecule has 0 fully saturated rings. The summed E-state index contributed by atoms with van der Waals surface area (Å²) in [6, 6.07) is 9.03. The SMILES string of the molecule is Fc1cc(Br)ccc1CNc1ccc(OC(F)F)c(Cl)c1. The van der Waals surface area contributed by atoms with Crippen molar-refractivity contribution in [3.05, 3.63) is 57.3 Å². The van der Waals surface area contributed by atoms with E-state index < -0.39 is 6.61 Å².